The SMILES string of the molecule is COc1ccc2c3c(ccc2c1)C(/N=C/c1cccc(O)c1O)(/N=C/c1cccc(O)c1O)c1ccc2cc(OC)ccc2c1-3. The van der Waals surface area contributed by atoms with Crippen LogP contribution in [-0.2, 0) is 5.66 Å². The molecule has 0 heterocycles. The molecule has 0 fully saturated rings. The number of phenols is 4. The van der Waals surface area contributed by atoms with Gasteiger partial charge >= 0.3 is 0 Å². The molecule has 6 aromatic carbocycles. The average Bonchev–Trinajstić information content (AvgIpc) is 3.35. The Morgan fingerprint density at radius 1 is 0.556 bits per heavy atom. The smallest absolute Gasteiger partial charge is 0.202 e. The van der Waals surface area contributed by atoms with E-state index in [9.17, 15) is 20.4 Å². The van der Waals surface area contributed by atoms with Gasteiger partial charge in [0.15, 0.2) is 23.0 Å². The summed E-state index contributed by atoms with van der Waals surface area (Å²) in [6.45, 7) is 0. The molecule has 8 nitrogen and oxygen atoms in total. The molecule has 0 saturated carbocycles. The highest BCUT2D eigenvalue weighted by Gasteiger charge is 2.44. The lowest BCUT2D eigenvalue weighted by Crippen LogP contribution is -2.21. The van der Waals surface area contributed by atoms with Crippen LogP contribution >= 0.6 is 0 Å². The molecule has 0 spiro atoms. The third-order valence-corrected chi connectivity index (χ3v) is 8.33. The summed E-state index contributed by atoms with van der Waals surface area (Å²) in [5, 5.41) is 45.5. The summed E-state index contributed by atoms with van der Waals surface area (Å²) in [7, 11) is 3.26. The van der Waals surface area contributed by atoms with E-state index in [0.29, 0.717) is 11.1 Å². The summed E-state index contributed by atoms with van der Waals surface area (Å²) in [6, 6.07) is 29.1. The van der Waals surface area contributed by atoms with Gasteiger partial charge < -0.3 is 29.9 Å². The van der Waals surface area contributed by atoms with E-state index >= 15 is 0 Å². The Hall–Kier alpha value is -6.02. The van der Waals surface area contributed by atoms with Crippen LogP contribution in [0, 0.1) is 0 Å². The summed E-state index contributed by atoms with van der Waals surface area (Å²) in [5.74, 6) is 0.302. The second-order valence-electron chi connectivity index (χ2n) is 10.8. The minimum atomic E-state index is -1.39. The first-order chi connectivity index (χ1) is 21.8. The zero-order valence-corrected chi connectivity index (χ0v) is 24.4. The number of ether oxygens (including phenoxy) is 2. The van der Waals surface area contributed by atoms with E-state index in [1.54, 1.807) is 38.5 Å². The van der Waals surface area contributed by atoms with Crippen LogP contribution in [0.4, 0.5) is 0 Å². The van der Waals surface area contributed by atoms with E-state index in [0.717, 1.165) is 55.3 Å². The Bertz CT molecular complexity index is 2050. The van der Waals surface area contributed by atoms with E-state index in [1.807, 2.05) is 60.7 Å². The third-order valence-electron chi connectivity index (χ3n) is 8.33. The lowest BCUT2D eigenvalue weighted by atomic mass is 9.94. The summed E-state index contributed by atoms with van der Waals surface area (Å²) < 4.78 is 11.0. The molecule has 8 heteroatoms. The molecule has 4 N–H and O–H groups in total. The Morgan fingerprint density at radius 3 is 1.42 bits per heavy atom. The van der Waals surface area contributed by atoms with Crippen LogP contribution in [0.5, 0.6) is 34.5 Å². The van der Waals surface area contributed by atoms with Gasteiger partial charge in [0.2, 0.25) is 5.66 Å². The molecule has 6 aromatic rings. The van der Waals surface area contributed by atoms with E-state index in [1.165, 1.54) is 24.6 Å². The molecule has 45 heavy (non-hydrogen) atoms. The van der Waals surface area contributed by atoms with E-state index in [2.05, 4.69) is 0 Å². The number of aliphatic imine (C=N–C) groups is 2. The first-order valence-corrected chi connectivity index (χ1v) is 14.2. The van der Waals surface area contributed by atoms with Crippen LogP contribution in [-0.4, -0.2) is 47.1 Å². The van der Waals surface area contributed by atoms with Crippen molar-refractivity contribution in [3.05, 3.63) is 119 Å². The zero-order valence-electron chi connectivity index (χ0n) is 24.4. The monoisotopic (exact) mass is 596 g/mol. The number of aromatic hydroxyl groups is 4. The van der Waals surface area contributed by atoms with E-state index < -0.39 is 5.66 Å². The number of hydrogen-bond donors (Lipinski definition) is 4. The molecule has 1 aliphatic carbocycles. The fourth-order valence-electron chi connectivity index (χ4n) is 6.08. The molecule has 222 valence electrons. The third kappa shape index (κ3) is 4.38. The lowest BCUT2D eigenvalue weighted by Gasteiger charge is -2.24. The Labute approximate surface area is 258 Å². The standard InChI is InChI=1S/C37H28N2O6/c1-44-25-11-13-27-21(17-25)9-15-29-33(27)34-28-14-12-26(45-2)18-22(28)10-16-30(34)37(29,38-19-23-5-3-7-31(40)35(23)42)39-20-24-6-4-8-32(41)36(24)43/h3-20,40-43H,1-2H3/b38-19+,39-20+. The molecule has 0 aliphatic heterocycles. The van der Waals surface area contributed by atoms with Crippen molar-refractivity contribution in [1.29, 1.82) is 0 Å². The van der Waals surface area contributed by atoms with Crippen molar-refractivity contribution in [2.45, 2.75) is 5.66 Å². The Morgan fingerprint density at radius 2 is 1.00 bits per heavy atom. The summed E-state index contributed by atoms with van der Waals surface area (Å²) >= 11 is 0. The minimum Gasteiger partial charge on any atom is -0.504 e. The molecule has 7 rings (SSSR count). The maximum Gasteiger partial charge on any atom is 0.202 e. The van der Waals surface area contributed by atoms with Gasteiger partial charge in [0.05, 0.1) is 14.2 Å². The highest BCUT2D eigenvalue weighted by molar-refractivity contribution is 6.12. The molecule has 0 unspecified atom stereocenters. The molecule has 0 atom stereocenters. The first-order valence-electron chi connectivity index (χ1n) is 14.2. The number of rotatable bonds is 6. The van der Waals surface area contributed by atoms with Gasteiger partial charge in [-0.05, 0) is 81.2 Å². The number of para-hydroxylation sites is 2. The fourth-order valence-corrected chi connectivity index (χ4v) is 6.08. The van der Waals surface area contributed by atoms with Gasteiger partial charge in [0, 0.05) is 34.7 Å². The molecule has 0 radical (unpaired) electrons. The minimum absolute atomic E-state index is 0.270. The molecule has 0 aromatic heterocycles. The molecule has 0 bridgehead atoms. The van der Waals surface area contributed by atoms with Gasteiger partial charge in [-0.25, -0.2) is 0 Å². The summed E-state index contributed by atoms with van der Waals surface area (Å²) in [4.78, 5) is 10.1. The predicted octanol–water partition coefficient (Wildman–Crippen LogP) is 7.25. The Balaban J connectivity index is 1.59. The quantitative estimate of drug-likeness (QED) is 0.119. The van der Waals surface area contributed by atoms with Gasteiger partial charge in [-0.15, -0.1) is 0 Å². The van der Waals surface area contributed by atoms with Gasteiger partial charge in [-0.3, -0.25) is 9.98 Å². The van der Waals surface area contributed by atoms with Crippen molar-refractivity contribution in [2.24, 2.45) is 9.98 Å². The maximum absolute atomic E-state index is 10.6. The number of phenolic OH excluding ortho intramolecular Hbond substituents is 4. The normalized spacial score (nSPS) is 13.5. The van der Waals surface area contributed by atoms with Crippen molar-refractivity contribution >= 4 is 34.0 Å². The average molecular weight is 597 g/mol. The van der Waals surface area contributed by atoms with Crippen LogP contribution in [0.3, 0.4) is 0 Å². The largest absolute Gasteiger partial charge is 0.504 e. The second kappa shape index (κ2) is 10.6. The van der Waals surface area contributed by atoms with Crippen LogP contribution < -0.4 is 9.47 Å². The van der Waals surface area contributed by atoms with Crippen LogP contribution in [0.1, 0.15) is 22.3 Å². The molecule has 0 amide bonds. The van der Waals surface area contributed by atoms with Crippen molar-refractivity contribution in [2.75, 3.05) is 14.2 Å². The van der Waals surface area contributed by atoms with Gasteiger partial charge in [-0.2, -0.15) is 0 Å². The van der Waals surface area contributed by atoms with Crippen molar-refractivity contribution < 1.29 is 29.9 Å². The predicted molar refractivity (Wildman–Crippen MR) is 176 cm³/mol. The molecule has 0 saturated heterocycles. The van der Waals surface area contributed by atoms with Gasteiger partial charge in [0.1, 0.15) is 11.5 Å². The number of methoxy groups -OCH3 is 2. The molecular formula is C37H28N2O6. The zero-order chi connectivity index (χ0) is 31.3. The molecular weight excluding hydrogens is 568 g/mol. The second-order valence-corrected chi connectivity index (χ2v) is 10.8. The number of fused-ring (bicyclic) bond motifs is 7. The van der Waals surface area contributed by atoms with Crippen molar-refractivity contribution in [3.63, 3.8) is 0 Å². The highest BCUT2D eigenvalue weighted by atomic mass is 16.5. The van der Waals surface area contributed by atoms with Gasteiger partial charge in [-0.1, -0.05) is 48.5 Å². The van der Waals surface area contributed by atoms with Gasteiger partial charge in [0.25, 0.3) is 0 Å². The lowest BCUT2D eigenvalue weighted by molar-refractivity contribution is 0.403. The van der Waals surface area contributed by atoms with E-state index in [4.69, 9.17) is 19.5 Å². The Kier molecular flexibility index (Phi) is 6.55. The molecule has 1 aliphatic rings. The van der Waals surface area contributed by atoms with Crippen LogP contribution in [0.15, 0.2) is 107 Å². The van der Waals surface area contributed by atoms with Crippen molar-refractivity contribution in [3.8, 4) is 45.6 Å². The number of hydrogen-bond acceptors (Lipinski definition) is 8. The highest BCUT2D eigenvalue weighted by Crippen LogP contribution is 2.56. The maximum atomic E-state index is 10.6. The van der Waals surface area contributed by atoms with Crippen molar-refractivity contribution in [1.82, 2.24) is 0 Å². The first kappa shape index (κ1) is 27.8. The van der Waals surface area contributed by atoms with E-state index in [-0.39, 0.29) is 23.0 Å². The van der Waals surface area contributed by atoms with Crippen LogP contribution in [0.25, 0.3) is 32.7 Å². The topological polar surface area (TPSA) is 124 Å². The number of benzene rings is 6. The summed E-state index contributed by atoms with van der Waals surface area (Å²) in [6.07, 6.45) is 2.98. The van der Waals surface area contributed by atoms with Crippen LogP contribution in [0.2, 0.25) is 0 Å². The fraction of sp³-hybridized carbons (Fsp3) is 0.0811. The number of nitrogens with zero attached hydrogens (tertiary/aromatic N) is 2. The summed E-state index contributed by atoms with van der Waals surface area (Å²) in [5.41, 5.74) is 2.61.